The van der Waals surface area contributed by atoms with Crippen molar-refractivity contribution in [3.63, 3.8) is 0 Å². The molecule has 0 bridgehead atoms. The molecule has 0 spiro atoms. The molecule has 21 heavy (non-hydrogen) atoms. The van der Waals surface area contributed by atoms with Crippen molar-refractivity contribution in [1.82, 2.24) is 0 Å². The van der Waals surface area contributed by atoms with Gasteiger partial charge in [-0.15, -0.1) is 0 Å². The van der Waals surface area contributed by atoms with E-state index in [1.54, 1.807) is 45.9 Å². The predicted molar refractivity (Wildman–Crippen MR) is 78.6 cm³/mol. The van der Waals surface area contributed by atoms with Gasteiger partial charge in [-0.05, 0) is 19.1 Å². The van der Waals surface area contributed by atoms with Crippen molar-refractivity contribution in [2.45, 2.75) is 34.6 Å². The number of carbonyl (C=O) groups is 2. The highest BCUT2D eigenvalue weighted by Crippen LogP contribution is 2.38. The monoisotopic (exact) mass is 294 g/mol. The first-order valence-electron chi connectivity index (χ1n) is 7.06. The Labute approximate surface area is 125 Å². The largest absolute Gasteiger partial charge is 0.490 e. The lowest BCUT2D eigenvalue weighted by Gasteiger charge is -2.16. The molecule has 0 aliphatic rings. The fourth-order valence-corrected chi connectivity index (χ4v) is 1.39. The minimum absolute atomic E-state index is 0.145. The third-order valence-corrected chi connectivity index (χ3v) is 2.60. The van der Waals surface area contributed by atoms with E-state index in [0.29, 0.717) is 12.4 Å². The normalized spacial score (nSPS) is 10.6. The molecule has 0 fully saturated rings. The third kappa shape index (κ3) is 4.77. The van der Waals surface area contributed by atoms with E-state index in [-0.39, 0.29) is 23.3 Å². The van der Waals surface area contributed by atoms with Gasteiger partial charge in [0.1, 0.15) is 0 Å². The maximum atomic E-state index is 11.8. The molecule has 0 aromatic heterocycles. The Hall–Kier alpha value is -2.04. The van der Waals surface area contributed by atoms with Crippen LogP contribution in [0.15, 0.2) is 18.2 Å². The van der Waals surface area contributed by atoms with Crippen molar-refractivity contribution >= 4 is 11.9 Å². The highest BCUT2D eigenvalue weighted by Gasteiger charge is 2.21. The Morgan fingerprint density at radius 2 is 1.48 bits per heavy atom. The molecule has 0 radical (unpaired) electrons. The molecular weight excluding hydrogens is 272 g/mol. The topological polar surface area (TPSA) is 61.8 Å². The number of hydrogen-bond acceptors (Lipinski definition) is 5. The third-order valence-electron chi connectivity index (χ3n) is 2.60. The molecule has 1 aromatic carbocycles. The average Bonchev–Trinajstić information content (AvgIpc) is 2.41. The second-order valence-electron chi connectivity index (χ2n) is 5.17. The number of rotatable bonds is 6. The summed E-state index contributed by atoms with van der Waals surface area (Å²) in [6.45, 7) is 9.15. The molecule has 0 N–H and O–H groups in total. The van der Waals surface area contributed by atoms with Gasteiger partial charge in [-0.3, -0.25) is 9.59 Å². The highest BCUT2D eigenvalue weighted by molar-refractivity contribution is 5.79. The van der Waals surface area contributed by atoms with Crippen molar-refractivity contribution in [3.8, 4) is 17.2 Å². The zero-order valence-corrected chi connectivity index (χ0v) is 13.1. The van der Waals surface area contributed by atoms with Crippen LogP contribution in [0.4, 0.5) is 0 Å². The van der Waals surface area contributed by atoms with Crippen molar-refractivity contribution < 1.29 is 23.8 Å². The van der Waals surface area contributed by atoms with E-state index >= 15 is 0 Å². The molecule has 0 heterocycles. The SMILES string of the molecule is CCOc1cccc(OC(=O)C(C)C)c1OC(=O)C(C)C. The lowest BCUT2D eigenvalue weighted by atomic mass is 10.2. The fourth-order valence-electron chi connectivity index (χ4n) is 1.39. The maximum Gasteiger partial charge on any atom is 0.314 e. The molecule has 0 saturated heterocycles. The Bertz CT molecular complexity index is 505. The molecule has 0 aliphatic heterocycles. The minimum Gasteiger partial charge on any atom is -0.490 e. The van der Waals surface area contributed by atoms with Gasteiger partial charge in [0, 0.05) is 0 Å². The fraction of sp³-hybridized carbons (Fsp3) is 0.500. The van der Waals surface area contributed by atoms with Crippen LogP contribution in [0.2, 0.25) is 0 Å². The lowest BCUT2D eigenvalue weighted by Crippen LogP contribution is -2.18. The first kappa shape index (κ1) is 17.0. The van der Waals surface area contributed by atoms with Crippen molar-refractivity contribution in [2.75, 3.05) is 6.61 Å². The van der Waals surface area contributed by atoms with Gasteiger partial charge >= 0.3 is 11.9 Å². The second-order valence-corrected chi connectivity index (χ2v) is 5.17. The van der Waals surface area contributed by atoms with Crippen LogP contribution >= 0.6 is 0 Å². The lowest BCUT2D eigenvalue weighted by molar-refractivity contribution is -0.140. The molecule has 0 unspecified atom stereocenters. The Balaban J connectivity index is 3.13. The summed E-state index contributed by atoms with van der Waals surface area (Å²) < 4.78 is 16.0. The van der Waals surface area contributed by atoms with Crippen LogP contribution in [0.3, 0.4) is 0 Å². The first-order chi connectivity index (χ1) is 9.86. The Morgan fingerprint density at radius 1 is 0.952 bits per heavy atom. The molecule has 116 valence electrons. The molecule has 0 amide bonds. The zero-order chi connectivity index (χ0) is 16.0. The number of hydrogen-bond donors (Lipinski definition) is 0. The molecule has 5 heteroatoms. The summed E-state index contributed by atoms with van der Waals surface area (Å²) in [5.74, 6) is -0.682. The van der Waals surface area contributed by atoms with Crippen LogP contribution in [-0.2, 0) is 9.59 Å². The summed E-state index contributed by atoms with van der Waals surface area (Å²) in [6.07, 6.45) is 0. The first-order valence-corrected chi connectivity index (χ1v) is 7.06. The van der Waals surface area contributed by atoms with Gasteiger partial charge in [0.2, 0.25) is 5.75 Å². The minimum atomic E-state index is -0.413. The molecule has 0 atom stereocenters. The summed E-state index contributed by atoms with van der Waals surface area (Å²) in [7, 11) is 0. The standard InChI is InChI=1S/C16H22O5/c1-6-19-12-8-7-9-13(20-15(17)10(2)3)14(12)21-16(18)11(4)5/h7-11H,6H2,1-5H3. The predicted octanol–water partition coefficient (Wildman–Crippen LogP) is 3.21. The summed E-state index contributed by atoms with van der Waals surface area (Å²) in [5, 5.41) is 0. The van der Waals surface area contributed by atoms with Gasteiger partial charge in [-0.2, -0.15) is 0 Å². The van der Waals surface area contributed by atoms with Crippen molar-refractivity contribution in [1.29, 1.82) is 0 Å². The number of ether oxygens (including phenoxy) is 3. The van der Waals surface area contributed by atoms with E-state index in [2.05, 4.69) is 0 Å². The quantitative estimate of drug-likeness (QED) is 0.595. The molecule has 1 rings (SSSR count). The molecule has 5 nitrogen and oxygen atoms in total. The van der Waals surface area contributed by atoms with Gasteiger partial charge < -0.3 is 14.2 Å². The van der Waals surface area contributed by atoms with Crippen LogP contribution < -0.4 is 14.2 Å². The molecular formula is C16H22O5. The van der Waals surface area contributed by atoms with Gasteiger partial charge in [-0.1, -0.05) is 33.8 Å². The number of benzene rings is 1. The summed E-state index contributed by atoms with van der Waals surface area (Å²) in [4.78, 5) is 23.6. The number of carbonyl (C=O) groups excluding carboxylic acids is 2. The number of esters is 2. The van der Waals surface area contributed by atoms with Crippen LogP contribution in [0.25, 0.3) is 0 Å². The van der Waals surface area contributed by atoms with Crippen LogP contribution in [0, 0.1) is 11.8 Å². The summed E-state index contributed by atoms with van der Waals surface area (Å²) in [6, 6.07) is 4.92. The smallest absolute Gasteiger partial charge is 0.314 e. The van der Waals surface area contributed by atoms with Crippen molar-refractivity contribution in [2.24, 2.45) is 11.8 Å². The Kier molecular flexibility index (Phi) is 6.21. The van der Waals surface area contributed by atoms with Crippen molar-refractivity contribution in [3.05, 3.63) is 18.2 Å². The average molecular weight is 294 g/mol. The van der Waals surface area contributed by atoms with E-state index in [4.69, 9.17) is 14.2 Å². The van der Waals surface area contributed by atoms with Crippen LogP contribution in [0.5, 0.6) is 17.2 Å². The molecule has 1 aromatic rings. The van der Waals surface area contributed by atoms with E-state index < -0.39 is 11.9 Å². The van der Waals surface area contributed by atoms with E-state index in [9.17, 15) is 9.59 Å². The summed E-state index contributed by atoms with van der Waals surface area (Å²) >= 11 is 0. The zero-order valence-electron chi connectivity index (χ0n) is 13.1. The van der Waals surface area contributed by atoms with Crippen LogP contribution in [0.1, 0.15) is 34.6 Å². The van der Waals surface area contributed by atoms with Gasteiger partial charge in [0.15, 0.2) is 11.5 Å². The van der Waals surface area contributed by atoms with Crippen LogP contribution in [-0.4, -0.2) is 18.5 Å². The molecule has 0 saturated carbocycles. The van der Waals surface area contributed by atoms with Gasteiger partial charge in [0.25, 0.3) is 0 Å². The van der Waals surface area contributed by atoms with E-state index in [0.717, 1.165) is 0 Å². The summed E-state index contributed by atoms with van der Waals surface area (Å²) in [5.41, 5.74) is 0. The highest BCUT2D eigenvalue weighted by atomic mass is 16.6. The van der Waals surface area contributed by atoms with E-state index in [1.807, 2.05) is 6.92 Å². The Morgan fingerprint density at radius 3 is 2.00 bits per heavy atom. The van der Waals surface area contributed by atoms with Gasteiger partial charge in [-0.25, -0.2) is 0 Å². The van der Waals surface area contributed by atoms with Gasteiger partial charge in [0.05, 0.1) is 18.4 Å². The number of para-hydroxylation sites is 1. The van der Waals surface area contributed by atoms with E-state index in [1.165, 1.54) is 0 Å². The maximum absolute atomic E-state index is 11.8. The molecule has 0 aliphatic carbocycles. The second kappa shape index (κ2) is 7.67.